The highest BCUT2D eigenvalue weighted by Crippen LogP contribution is 2.30. The molecule has 3 aromatic rings. The molecule has 0 unspecified atom stereocenters. The van der Waals surface area contributed by atoms with Crippen LogP contribution in [0.15, 0.2) is 48.7 Å². The van der Waals surface area contributed by atoms with Crippen molar-refractivity contribution in [2.24, 2.45) is 0 Å². The van der Waals surface area contributed by atoms with Gasteiger partial charge in [-0.05, 0) is 42.5 Å². The summed E-state index contributed by atoms with van der Waals surface area (Å²) < 4.78 is 1.76. The van der Waals surface area contributed by atoms with Crippen molar-refractivity contribution in [3.8, 4) is 17.1 Å². The summed E-state index contributed by atoms with van der Waals surface area (Å²) in [6, 6.07) is 12.3. The minimum Gasteiger partial charge on any atom is -0.297 e. The first-order valence-electron chi connectivity index (χ1n) is 7.64. The lowest BCUT2D eigenvalue weighted by Crippen LogP contribution is -2.36. The Balaban J connectivity index is 2.15. The number of hydrogen-bond acceptors (Lipinski definition) is 3. The molecule has 1 heterocycles. The molecular weight excluding hydrogens is 395 g/mol. The summed E-state index contributed by atoms with van der Waals surface area (Å²) >= 11 is 18.3. The van der Waals surface area contributed by atoms with Crippen molar-refractivity contribution in [1.29, 1.82) is 0 Å². The quantitative estimate of drug-likeness (QED) is 0.635. The van der Waals surface area contributed by atoms with Crippen LogP contribution in [-0.2, 0) is 0 Å². The van der Waals surface area contributed by atoms with Crippen molar-refractivity contribution in [2.45, 2.75) is 0 Å². The molecule has 2 aromatic carbocycles. The van der Waals surface area contributed by atoms with E-state index in [0.29, 0.717) is 26.6 Å². The highest BCUT2D eigenvalue weighted by molar-refractivity contribution is 6.35. The monoisotopic (exact) mass is 408 g/mol. The van der Waals surface area contributed by atoms with Gasteiger partial charge < -0.3 is 0 Å². The molecule has 26 heavy (non-hydrogen) atoms. The van der Waals surface area contributed by atoms with Crippen LogP contribution in [0.5, 0.6) is 0 Å². The lowest BCUT2D eigenvalue weighted by Gasteiger charge is -2.10. The number of hydrazine groups is 1. The second-order valence-electron chi connectivity index (χ2n) is 5.76. The molecule has 8 heteroatoms. The highest BCUT2D eigenvalue weighted by Gasteiger charge is 2.18. The summed E-state index contributed by atoms with van der Waals surface area (Å²) in [5.74, 6) is 0.240. The molecule has 0 spiro atoms. The molecule has 1 N–H and O–H groups in total. The zero-order chi connectivity index (χ0) is 18.8. The third-order valence-corrected chi connectivity index (χ3v) is 4.33. The van der Waals surface area contributed by atoms with Crippen molar-refractivity contribution in [2.75, 3.05) is 14.1 Å². The second-order valence-corrected chi connectivity index (χ2v) is 7.04. The average Bonchev–Trinajstić information content (AvgIpc) is 3.00. The Morgan fingerprint density at radius 1 is 1.04 bits per heavy atom. The highest BCUT2D eigenvalue weighted by atomic mass is 35.5. The summed E-state index contributed by atoms with van der Waals surface area (Å²) in [7, 11) is 3.45. The van der Waals surface area contributed by atoms with Crippen LogP contribution < -0.4 is 5.43 Å². The standard InChI is InChI=1S/C18H15Cl3N4O/c1-24(2)23-18(26)15-10-25(16-8-7-13(20)9-14(16)21)17(22-15)11-3-5-12(19)6-4-11/h3-10H,1-2H3,(H,23,26). The predicted molar refractivity (Wildman–Crippen MR) is 105 cm³/mol. The van der Waals surface area contributed by atoms with E-state index in [2.05, 4.69) is 10.4 Å². The van der Waals surface area contributed by atoms with Crippen LogP contribution in [0.4, 0.5) is 0 Å². The Morgan fingerprint density at radius 2 is 1.69 bits per heavy atom. The van der Waals surface area contributed by atoms with E-state index in [1.807, 2.05) is 12.1 Å². The Bertz CT molecular complexity index is 952. The lowest BCUT2D eigenvalue weighted by atomic mass is 10.2. The van der Waals surface area contributed by atoms with E-state index < -0.39 is 0 Å². The molecule has 5 nitrogen and oxygen atoms in total. The maximum atomic E-state index is 12.4. The van der Waals surface area contributed by atoms with Gasteiger partial charge in [0.1, 0.15) is 11.5 Å². The van der Waals surface area contributed by atoms with Gasteiger partial charge in [0.05, 0.1) is 10.7 Å². The fourth-order valence-corrected chi connectivity index (χ4v) is 3.04. The van der Waals surface area contributed by atoms with Gasteiger partial charge in [0.15, 0.2) is 0 Å². The van der Waals surface area contributed by atoms with Gasteiger partial charge in [-0.15, -0.1) is 0 Å². The van der Waals surface area contributed by atoms with Crippen LogP contribution in [0, 0.1) is 0 Å². The number of carbonyl (C=O) groups excluding carboxylic acids is 1. The molecular formula is C18H15Cl3N4O. The number of nitrogens with one attached hydrogen (secondary N) is 1. The topological polar surface area (TPSA) is 50.2 Å². The van der Waals surface area contributed by atoms with Crippen LogP contribution in [0.3, 0.4) is 0 Å². The van der Waals surface area contributed by atoms with Gasteiger partial charge >= 0.3 is 0 Å². The first kappa shape index (κ1) is 18.7. The molecule has 1 aromatic heterocycles. The number of aromatic nitrogens is 2. The number of imidazole rings is 1. The maximum absolute atomic E-state index is 12.4. The fraction of sp³-hybridized carbons (Fsp3) is 0.111. The minimum absolute atomic E-state index is 0.259. The van der Waals surface area contributed by atoms with E-state index >= 15 is 0 Å². The maximum Gasteiger partial charge on any atom is 0.285 e. The summed E-state index contributed by atoms with van der Waals surface area (Å²) in [6.07, 6.45) is 1.64. The largest absolute Gasteiger partial charge is 0.297 e. The fourth-order valence-electron chi connectivity index (χ4n) is 2.41. The van der Waals surface area contributed by atoms with Crippen LogP contribution in [0.25, 0.3) is 17.1 Å². The SMILES string of the molecule is CN(C)NC(=O)c1cn(-c2ccc(Cl)cc2Cl)c(-c2ccc(Cl)cc2)n1. The molecule has 0 aliphatic carbocycles. The average molecular weight is 410 g/mol. The molecule has 0 bridgehead atoms. The number of hydrogen-bond donors (Lipinski definition) is 1. The zero-order valence-corrected chi connectivity index (χ0v) is 16.3. The third kappa shape index (κ3) is 4.02. The number of rotatable bonds is 4. The number of benzene rings is 2. The first-order chi connectivity index (χ1) is 12.3. The van der Waals surface area contributed by atoms with Crippen LogP contribution in [0.1, 0.15) is 10.5 Å². The van der Waals surface area contributed by atoms with Crippen molar-refractivity contribution >= 4 is 40.7 Å². The molecule has 0 radical (unpaired) electrons. The summed E-state index contributed by atoms with van der Waals surface area (Å²) in [6.45, 7) is 0. The summed E-state index contributed by atoms with van der Waals surface area (Å²) in [4.78, 5) is 16.9. The molecule has 134 valence electrons. The van der Waals surface area contributed by atoms with E-state index in [9.17, 15) is 4.79 Å². The zero-order valence-electron chi connectivity index (χ0n) is 14.0. The number of carbonyl (C=O) groups is 1. The lowest BCUT2D eigenvalue weighted by molar-refractivity contribution is 0.0852. The summed E-state index contributed by atoms with van der Waals surface area (Å²) in [5, 5.41) is 3.14. The van der Waals surface area contributed by atoms with Gasteiger partial charge in [0, 0.05) is 35.9 Å². The molecule has 0 saturated heterocycles. The number of nitrogens with zero attached hydrogens (tertiary/aromatic N) is 3. The predicted octanol–water partition coefficient (Wildman–Crippen LogP) is 4.71. The Hall–Kier alpha value is -2.05. The smallest absolute Gasteiger partial charge is 0.285 e. The third-order valence-electron chi connectivity index (χ3n) is 3.54. The van der Waals surface area contributed by atoms with Crippen LogP contribution in [-0.4, -0.2) is 34.6 Å². The van der Waals surface area contributed by atoms with Crippen LogP contribution >= 0.6 is 34.8 Å². The van der Waals surface area contributed by atoms with Crippen molar-refractivity contribution in [1.82, 2.24) is 20.0 Å². The van der Waals surface area contributed by atoms with E-state index in [1.54, 1.807) is 60.2 Å². The minimum atomic E-state index is -0.325. The van der Waals surface area contributed by atoms with Gasteiger partial charge in [-0.3, -0.25) is 14.8 Å². The van der Waals surface area contributed by atoms with Crippen molar-refractivity contribution in [3.63, 3.8) is 0 Å². The molecule has 0 atom stereocenters. The molecule has 0 aliphatic rings. The van der Waals surface area contributed by atoms with Crippen LogP contribution in [0.2, 0.25) is 15.1 Å². The normalized spacial score (nSPS) is 11.0. The van der Waals surface area contributed by atoms with E-state index in [-0.39, 0.29) is 11.6 Å². The van der Waals surface area contributed by atoms with Gasteiger partial charge in [-0.1, -0.05) is 34.8 Å². The van der Waals surface area contributed by atoms with Crippen molar-refractivity contribution in [3.05, 3.63) is 69.4 Å². The Labute approximate surface area is 166 Å². The molecule has 0 saturated carbocycles. The molecule has 3 rings (SSSR count). The van der Waals surface area contributed by atoms with Crippen molar-refractivity contribution < 1.29 is 4.79 Å². The molecule has 0 aliphatic heterocycles. The second kappa shape index (κ2) is 7.68. The Kier molecular flexibility index (Phi) is 5.53. The van der Waals surface area contributed by atoms with Gasteiger partial charge in [0.25, 0.3) is 5.91 Å². The molecule has 0 fully saturated rings. The molecule has 1 amide bonds. The van der Waals surface area contributed by atoms with E-state index in [1.165, 1.54) is 0 Å². The van der Waals surface area contributed by atoms with Gasteiger partial charge in [-0.2, -0.15) is 0 Å². The first-order valence-corrected chi connectivity index (χ1v) is 8.77. The number of halogens is 3. The van der Waals surface area contributed by atoms with Gasteiger partial charge in [0.2, 0.25) is 0 Å². The van der Waals surface area contributed by atoms with E-state index in [0.717, 1.165) is 5.56 Å². The van der Waals surface area contributed by atoms with E-state index in [4.69, 9.17) is 34.8 Å². The number of amides is 1. The summed E-state index contributed by atoms with van der Waals surface area (Å²) in [5.41, 5.74) is 4.40. The van der Waals surface area contributed by atoms with Gasteiger partial charge in [-0.25, -0.2) is 9.99 Å². The Morgan fingerprint density at radius 3 is 2.31 bits per heavy atom.